The Morgan fingerprint density at radius 2 is 1.81 bits per heavy atom. The zero-order valence-electron chi connectivity index (χ0n) is 24.0. The van der Waals surface area contributed by atoms with Crippen LogP contribution in [0.15, 0.2) is 48.7 Å². The number of nitrogens with zero attached hydrogens (tertiary/aromatic N) is 4. The van der Waals surface area contributed by atoms with Crippen molar-refractivity contribution in [3.05, 3.63) is 92.5 Å². The Morgan fingerprint density at radius 3 is 2.57 bits per heavy atom. The number of Topliss-reactive ketones (excluding diaryl/α,β-unsaturated/α-hetero) is 1. The molecule has 1 saturated heterocycles. The van der Waals surface area contributed by atoms with Gasteiger partial charge in [-0.25, -0.2) is 9.97 Å². The van der Waals surface area contributed by atoms with E-state index >= 15 is 0 Å². The van der Waals surface area contributed by atoms with E-state index in [0.29, 0.717) is 46.3 Å². The Balaban J connectivity index is 1.28. The first-order valence-electron chi connectivity index (χ1n) is 14.2. The van der Waals surface area contributed by atoms with Crippen LogP contribution in [0.4, 0.5) is 0 Å². The molecule has 4 aromatic rings. The third-order valence-corrected chi connectivity index (χ3v) is 8.93. The Hall–Kier alpha value is -3.36. The molecule has 42 heavy (non-hydrogen) atoms. The zero-order chi connectivity index (χ0) is 29.4. The highest BCUT2D eigenvalue weighted by Gasteiger charge is 2.25. The fourth-order valence-corrected chi connectivity index (χ4v) is 6.53. The van der Waals surface area contributed by atoms with Crippen molar-refractivity contribution >= 4 is 29.0 Å². The molecule has 0 amide bonds. The van der Waals surface area contributed by atoms with Crippen LogP contribution < -0.4 is 10.1 Å². The average molecular weight is 603 g/mol. The Kier molecular flexibility index (Phi) is 8.28. The van der Waals surface area contributed by atoms with Crippen molar-refractivity contribution in [1.82, 2.24) is 25.2 Å². The summed E-state index contributed by atoms with van der Waals surface area (Å²) in [5.41, 5.74) is 8.14. The van der Waals surface area contributed by atoms with Gasteiger partial charge in [-0.2, -0.15) is 0 Å². The molecule has 0 aliphatic carbocycles. The minimum Gasteiger partial charge on any atom is -0.480 e. The van der Waals surface area contributed by atoms with Crippen LogP contribution in [-0.4, -0.2) is 52.4 Å². The fourth-order valence-electron chi connectivity index (χ4n) is 5.91. The molecular weight excluding hydrogens is 569 g/mol. The number of hydrogen-bond donors (Lipinski definition) is 1. The number of likely N-dealkylation sites (tertiary alicyclic amines) is 1. The SMILES string of the molecule is COc1nc(-c2cccc(-c3cccc(CC(=O)c4cc(C)c5c(n4)CNCC5)c3Cl)c2Cl)cnc1CN1CC(C)C1. The molecule has 2 aliphatic heterocycles. The summed E-state index contributed by atoms with van der Waals surface area (Å²) in [6.45, 7) is 8.69. The van der Waals surface area contributed by atoms with Gasteiger partial charge in [0.2, 0.25) is 5.88 Å². The van der Waals surface area contributed by atoms with Gasteiger partial charge in [0.05, 0.1) is 34.7 Å². The first-order valence-corrected chi connectivity index (χ1v) is 15.0. The predicted molar refractivity (Wildman–Crippen MR) is 166 cm³/mol. The van der Waals surface area contributed by atoms with Crippen molar-refractivity contribution in [3.63, 3.8) is 0 Å². The van der Waals surface area contributed by atoms with Gasteiger partial charge in [0.15, 0.2) is 5.78 Å². The van der Waals surface area contributed by atoms with Crippen molar-refractivity contribution < 1.29 is 9.53 Å². The van der Waals surface area contributed by atoms with E-state index < -0.39 is 0 Å². The second kappa shape index (κ2) is 12.1. The van der Waals surface area contributed by atoms with Crippen molar-refractivity contribution in [2.45, 2.75) is 39.8 Å². The molecule has 6 rings (SSSR count). The number of aromatic nitrogens is 3. The van der Waals surface area contributed by atoms with Crippen LogP contribution in [-0.2, 0) is 25.9 Å². The average Bonchev–Trinajstić information content (AvgIpc) is 2.98. The number of halogens is 2. The number of nitrogens with one attached hydrogen (secondary N) is 1. The lowest BCUT2D eigenvalue weighted by Crippen LogP contribution is -2.44. The Bertz CT molecular complexity index is 1670. The topological polar surface area (TPSA) is 80.2 Å². The summed E-state index contributed by atoms with van der Waals surface area (Å²) < 4.78 is 5.60. The summed E-state index contributed by atoms with van der Waals surface area (Å²) in [5.74, 6) is 1.13. The first kappa shape index (κ1) is 28.7. The molecule has 2 aromatic heterocycles. The van der Waals surface area contributed by atoms with E-state index in [9.17, 15) is 4.79 Å². The number of aryl methyl sites for hydroxylation is 1. The molecule has 0 atom stereocenters. The molecule has 0 spiro atoms. The van der Waals surface area contributed by atoms with Gasteiger partial charge in [-0.15, -0.1) is 0 Å². The van der Waals surface area contributed by atoms with Crippen LogP contribution >= 0.6 is 23.2 Å². The van der Waals surface area contributed by atoms with Gasteiger partial charge in [-0.3, -0.25) is 14.7 Å². The molecule has 0 unspecified atom stereocenters. The van der Waals surface area contributed by atoms with Crippen molar-refractivity contribution in [1.29, 1.82) is 0 Å². The minimum atomic E-state index is -0.0690. The number of carbonyl (C=O) groups is 1. The summed E-state index contributed by atoms with van der Waals surface area (Å²) >= 11 is 13.9. The maximum atomic E-state index is 13.4. The number of methoxy groups -OCH3 is 1. The van der Waals surface area contributed by atoms with Gasteiger partial charge in [0, 0.05) is 49.3 Å². The lowest BCUT2D eigenvalue weighted by Gasteiger charge is -2.36. The molecule has 4 heterocycles. The van der Waals surface area contributed by atoms with Crippen molar-refractivity contribution in [3.8, 4) is 28.3 Å². The molecule has 7 nitrogen and oxygen atoms in total. The smallest absolute Gasteiger partial charge is 0.237 e. The van der Waals surface area contributed by atoms with E-state index in [1.807, 2.05) is 49.4 Å². The maximum absolute atomic E-state index is 13.4. The Labute approximate surface area is 256 Å². The van der Waals surface area contributed by atoms with Gasteiger partial charge in [0.25, 0.3) is 0 Å². The van der Waals surface area contributed by atoms with Crippen LogP contribution in [0.5, 0.6) is 5.88 Å². The molecule has 2 aliphatic rings. The van der Waals surface area contributed by atoms with Gasteiger partial charge < -0.3 is 10.1 Å². The van der Waals surface area contributed by atoms with Crippen LogP contribution in [0.1, 0.15) is 45.5 Å². The van der Waals surface area contributed by atoms with Crippen molar-refractivity contribution in [2.24, 2.45) is 5.92 Å². The molecule has 1 fully saturated rings. The number of rotatable bonds is 8. The molecule has 0 saturated carbocycles. The van der Waals surface area contributed by atoms with Crippen LogP contribution in [0.3, 0.4) is 0 Å². The van der Waals surface area contributed by atoms with Gasteiger partial charge >= 0.3 is 0 Å². The second-order valence-corrected chi connectivity index (χ2v) is 12.0. The third-order valence-electron chi connectivity index (χ3n) is 8.08. The summed E-state index contributed by atoms with van der Waals surface area (Å²) in [7, 11) is 1.61. The number of fused-ring (bicyclic) bond motifs is 1. The normalized spacial score (nSPS) is 15.3. The number of ketones is 1. The number of hydrogen-bond acceptors (Lipinski definition) is 7. The summed E-state index contributed by atoms with van der Waals surface area (Å²) in [6, 6.07) is 13.3. The molecule has 216 valence electrons. The van der Waals surface area contributed by atoms with Crippen LogP contribution in [0, 0.1) is 12.8 Å². The molecule has 2 aromatic carbocycles. The monoisotopic (exact) mass is 601 g/mol. The predicted octanol–water partition coefficient (Wildman–Crippen LogP) is 6.35. The van der Waals surface area contributed by atoms with Crippen LogP contribution in [0.25, 0.3) is 22.4 Å². The highest BCUT2D eigenvalue weighted by molar-refractivity contribution is 6.38. The second-order valence-electron chi connectivity index (χ2n) is 11.2. The largest absolute Gasteiger partial charge is 0.480 e. The zero-order valence-corrected chi connectivity index (χ0v) is 25.5. The van der Waals surface area contributed by atoms with E-state index in [1.54, 1.807) is 13.3 Å². The molecule has 0 radical (unpaired) electrons. The van der Waals surface area contributed by atoms with Gasteiger partial charge in [0.1, 0.15) is 11.4 Å². The van der Waals surface area contributed by atoms with E-state index in [-0.39, 0.29) is 12.2 Å². The number of pyridine rings is 1. The molecular formula is C33H33Cl2N5O2. The summed E-state index contributed by atoms with van der Waals surface area (Å²) in [4.78, 5) is 29.8. The summed E-state index contributed by atoms with van der Waals surface area (Å²) in [5, 5.41) is 4.33. The standard InChI is InChI=1S/C33H33Cl2N5O2/c1-19-16-40(17-19)18-29-33(42-3)39-28(15-37-29)25-9-5-8-24(32(25)35)23-7-4-6-21(31(23)34)13-30(41)26-12-20(2)22-10-11-36-14-27(22)38-26/h4-9,12,15,19,36H,10-11,13-14,16-18H2,1-3H3. The molecule has 9 heteroatoms. The van der Waals surface area contributed by atoms with Gasteiger partial charge in [-0.1, -0.05) is 66.5 Å². The number of carbonyl (C=O) groups excluding carboxylic acids is 1. The van der Waals surface area contributed by atoms with Crippen LogP contribution in [0.2, 0.25) is 10.0 Å². The van der Waals surface area contributed by atoms with Gasteiger partial charge in [-0.05, 0) is 48.6 Å². The van der Waals surface area contributed by atoms with E-state index in [0.717, 1.165) is 65.3 Å². The Morgan fingerprint density at radius 1 is 1.07 bits per heavy atom. The molecule has 1 N–H and O–H groups in total. The maximum Gasteiger partial charge on any atom is 0.237 e. The quantitative estimate of drug-likeness (QED) is 0.236. The number of ether oxygens (including phenoxy) is 1. The third kappa shape index (κ3) is 5.66. The fraction of sp³-hybridized carbons (Fsp3) is 0.333. The highest BCUT2D eigenvalue weighted by Crippen LogP contribution is 2.40. The molecule has 0 bridgehead atoms. The lowest BCUT2D eigenvalue weighted by molar-refractivity contribution is 0.0987. The van der Waals surface area contributed by atoms with E-state index in [4.69, 9.17) is 32.9 Å². The summed E-state index contributed by atoms with van der Waals surface area (Å²) in [6.07, 6.45) is 2.81. The lowest BCUT2D eigenvalue weighted by atomic mass is 9.96. The highest BCUT2D eigenvalue weighted by atomic mass is 35.5. The van der Waals surface area contributed by atoms with Crippen molar-refractivity contribution in [2.75, 3.05) is 26.7 Å². The first-order chi connectivity index (χ1) is 20.3. The van der Waals surface area contributed by atoms with E-state index in [1.165, 1.54) is 5.56 Å². The number of benzene rings is 2. The van der Waals surface area contributed by atoms with E-state index in [2.05, 4.69) is 27.1 Å². The minimum absolute atomic E-state index is 0.0690.